The van der Waals surface area contributed by atoms with Crippen LogP contribution in [0.5, 0.6) is 11.5 Å². The highest BCUT2D eigenvalue weighted by Gasteiger charge is 2.28. The van der Waals surface area contributed by atoms with E-state index in [1.807, 2.05) is 18.2 Å². The van der Waals surface area contributed by atoms with Crippen molar-refractivity contribution in [3.05, 3.63) is 53.6 Å². The number of hydrogen-bond donors (Lipinski definition) is 2. The molecule has 1 unspecified atom stereocenters. The molecule has 0 aliphatic carbocycles. The molecule has 0 aliphatic heterocycles. The fraction of sp³-hybridized carbons (Fsp3) is 0.409. The highest BCUT2D eigenvalue weighted by Crippen LogP contribution is 2.37. The number of aromatic hydroxyl groups is 1. The van der Waals surface area contributed by atoms with Crippen LogP contribution >= 0.6 is 11.8 Å². The Labute approximate surface area is 166 Å². The molecule has 0 heterocycles. The van der Waals surface area contributed by atoms with E-state index in [4.69, 9.17) is 4.74 Å². The zero-order chi connectivity index (χ0) is 19.9. The third-order valence-corrected chi connectivity index (χ3v) is 6.31. The van der Waals surface area contributed by atoms with Crippen LogP contribution in [-0.4, -0.2) is 29.3 Å². The summed E-state index contributed by atoms with van der Waals surface area (Å²) in [6.45, 7) is 4.34. The van der Waals surface area contributed by atoms with E-state index < -0.39 is 0 Å². The van der Waals surface area contributed by atoms with Gasteiger partial charge in [-0.1, -0.05) is 50.6 Å². The zero-order valence-corrected chi connectivity index (χ0v) is 17.3. The van der Waals surface area contributed by atoms with Gasteiger partial charge in [0.05, 0.1) is 12.9 Å². The van der Waals surface area contributed by atoms with Gasteiger partial charge in [-0.25, -0.2) is 0 Å². The second kappa shape index (κ2) is 9.81. The van der Waals surface area contributed by atoms with Crippen LogP contribution in [0.25, 0.3) is 0 Å². The summed E-state index contributed by atoms with van der Waals surface area (Å²) in [7, 11) is 1.49. The summed E-state index contributed by atoms with van der Waals surface area (Å²) in [5.41, 5.74) is 5.57. The second-order valence-electron chi connectivity index (χ2n) is 6.96. The molecule has 4 nitrogen and oxygen atoms in total. The number of phenolic OH excluding ortho intramolecular Hbond substituents is 1. The average molecular weight is 389 g/mol. The van der Waals surface area contributed by atoms with Gasteiger partial charge in [0.1, 0.15) is 5.54 Å². The number of hydrogen-bond acceptors (Lipinski definition) is 4. The van der Waals surface area contributed by atoms with E-state index in [9.17, 15) is 9.90 Å². The third-order valence-electron chi connectivity index (χ3n) is 4.91. The van der Waals surface area contributed by atoms with Gasteiger partial charge in [-0.15, -0.1) is 11.8 Å². The van der Waals surface area contributed by atoms with Crippen LogP contribution in [-0.2, 0) is 0 Å². The third kappa shape index (κ3) is 5.50. The summed E-state index contributed by atoms with van der Waals surface area (Å²) in [6, 6.07) is 12.5. The monoisotopic (exact) mass is 388 g/mol. The van der Waals surface area contributed by atoms with Crippen molar-refractivity contribution in [1.29, 1.82) is 0 Å². The standard InChI is InChI=1S/C22H29NO3S/c1-4-6-12-22(23,5-2)15-27-20-14-18(24)19(26-3)13-17(20)21(25)16-10-8-7-9-11-16/h7-11,13-14,24H,4-6,12,15,23H2,1-3H3/p+1. The van der Waals surface area contributed by atoms with E-state index in [0.29, 0.717) is 16.9 Å². The van der Waals surface area contributed by atoms with Gasteiger partial charge < -0.3 is 15.6 Å². The Balaban J connectivity index is 2.34. The first-order chi connectivity index (χ1) is 12.9. The quantitative estimate of drug-likeness (QED) is 0.470. The molecule has 5 heteroatoms. The highest BCUT2D eigenvalue weighted by atomic mass is 32.2. The van der Waals surface area contributed by atoms with Crippen molar-refractivity contribution < 1.29 is 20.4 Å². The molecular weight excluding hydrogens is 358 g/mol. The smallest absolute Gasteiger partial charge is 0.194 e. The van der Waals surface area contributed by atoms with Gasteiger partial charge in [-0.3, -0.25) is 4.79 Å². The lowest BCUT2D eigenvalue weighted by Crippen LogP contribution is -2.73. The molecule has 27 heavy (non-hydrogen) atoms. The van der Waals surface area contributed by atoms with E-state index in [-0.39, 0.29) is 17.1 Å². The number of unbranched alkanes of at least 4 members (excludes halogenated alkanes) is 1. The molecule has 0 saturated carbocycles. The SMILES string of the molecule is CCCCC([NH3+])(CC)CSc1cc(O)c(OC)cc1C(=O)c1ccccc1. The minimum atomic E-state index is -0.0730. The first-order valence-electron chi connectivity index (χ1n) is 9.43. The van der Waals surface area contributed by atoms with Crippen molar-refractivity contribution >= 4 is 17.5 Å². The first-order valence-corrected chi connectivity index (χ1v) is 10.4. The van der Waals surface area contributed by atoms with Crippen molar-refractivity contribution in [3.8, 4) is 11.5 Å². The maximum Gasteiger partial charge on any atom is 0.194 e. The Bertz CT molecular complexity index is 764. The minimum absolute atomic E-state index is 0.0384. The number of methoxy groups -OCH3 is 1. The maximum atomic E-state index is 13.0. The number of phenols is 1. The zero-order valence-electron chi connectivity index (χ0n) is 16.5. The number of carbonyl (C=O) groups is 1. The predicted octanol–water partition coefficient (Wildman–Crippen LogP) is 4.30. The van der Waals surface area contributed by atoms with Crippen molar-refractivity contribution in [2.45, 2.75) is 50.0 Å². The van der Waals surface area contributed by atoms with Gasteiger partial charge in [0, 0.05) is 28.9 Å². The summed E-state index contributed by atoms with van der Waals surface area (Å²) in [6.07, 6.45) is 4.31. The largest absolute Gasteiger partial charge is 0.504 e. The Morgan fingerprint density at radius 2 is 1.93 bits per heavy atom. The molecule has 146 valence electrons. The summed E-state index contributed by atoms with van der Waals surface area (Å²) in [5, 5.41) is 10.2. The lowest BCUT2D eigenvalue weighted by Gasteiger charge is -2.24. The topological polar surface area (TPSA) is 74.2 Å². The number of benzene rings is 2. The van der Waals surface area contributed by atoms with E-state index in [0.717, 1.165) is 36.3 Å². The van der Waals surface area contributed by atoms with Crippen molar-refractivity contribution in [2.75, 3.05) is 12.9 Å². The molecule has 0 radical (unpaired) electrons. The molecule has 0 saturated heterocycles. The highest BCUT2D eigenvalue weighted by molar-refractivity contribution is 7.99. The first kappa shape index (κ1) is 21.3. The van der Waals surface area contributed by atoms with Crippen LogP contribution in [0.4, 0.5) is 0 Å². The normalized spacial score (nSPS) is 13.2. The molecule has 0 bridgehead atoms. The van der Waals surface area contributed by atoms with Crippen LogP contribution in [0, 0.1) is 0 Å². The van der Waals surface area contributed by atoms with Crippen LogP contribution in [0.1, 0.15) is 55.5 Å². The molecule has 0 amide bonds. The Morgan fingerprint density at radius 3 is 2.52 bits per heavy atom. The number of quaternary nitrogens is 1. The van der Waals surface area contributed by atoms with E-state index >= 15 is 0 Å². The Hall–Kier alpha value is -1.98. The van der Waals surface area contributed by atoms with E-state index in [1.54, 1.807) is 36.0 Å². The molecule has 0 aliphatic rings. The molecule has 1 atom stereocenters. The Morgan fingerprint density at radius 1 is 1.22 bits per heavy atom. The maximum absolute atomic E-state index is 13.0. The minimum Gasteiger partial charge on any atom is -0.504 e. The Kier molecular flexibility index (Phi) is 7.75. The lowest BCUT2D eigenvalue weighted by atomic mass is 9.93. The van der Waals surface area contributed by atoms with Gasteiger partial charge >= 0.3 is 0 Å². The molecule has 0 fully saturated rings. The molecule has 2 rings (SSSR count). The van der Waals surface area contributed by atoms with Gasteiger partial charge in [0.15, 0.2) is 17.3 Å². The van der Waals surface area contributed by atoms with Gasteiger partial charge in [-0.2, -0.15) is 0 Å². The molecule has 0 spiro atoms. The molecule has 2 aromatic carbocycles. The molecule has 4 N–H and O–H groups in total. The van der Waals surface area contributed by atoms with Crippen LogP contribution in [0.2, 0.25) is 0 Å². The van der Waals surface area contributed by atoms with Crippen molar-refractivity contribution in [3.63, 3.8) is 0 Å². The van der Waals surface area contributed by atoms with Crippen molar-refractivity contribution in [2.24, 2.45) is 0 Å². The fourth-order valence-corrected chi connectivity index (χ4v) is 4.20. The summed E-state index contributed by atoms with van der Waals surface area (Å²) >= 11 is 1.59. The van der Waals surface area contributed by atoms with Gasteiger partial charge in [0.25, 0.3) is 0 Å². The number of carbonyl (C=O) groups excluding carboxylic acids is 1. The summed E-state index contributed by atoms with van der Waals surface area (Å²) < 4.78 is 5.22. The second-order valence-corrected chi connectivity index (χ2v) is 7.98. The summed E-state index contributed by atoms with van der Waals surface area (Å²) in [4.78, 5) is 13.8. The van der Waals surface area contributed by atoms with Gasteiger partial charge in [-0.05, 0) is 18.6 Å². The summed E-state index contributed by atoms with van der Waals surface area (Å²) in [5.74, 6) is 1.08. The van der Waals surface area contributed by atoms with Crippen LogP contribution in [0.15, 0.2) is 47.4 Å². The van der Waals surface area contributed by atoms with Crippen LogP contribution in [0.3, 0.4) is 0 Å². The van der Waals surface area contributed by atoms with Crippen LogP contribution < -0.4 is 10.5 Å². The number of ether oxygens (including phenoxy) is 1. The van der Waals surface area contributed by atoms with E-state index in [2.05, 4.69) is 19.6 Å². The molecule has 2 aromatic rings. The molecule has 0 aromatic heterocycles. The lowest BCUT2D eigenvalue weighted by molar-refractivity contribution is -0.472. The average Bonchev–Trinajstić information content (AvgIpc) is 2.71. The predicted molar refractivity (Wildman–Crippen MR) is 111 cm³/mol. The number of ketones is 1. The van der Waals surface area contributed by atoms with E-state index in [1.165, 1.54) is 7.11 Å². The number of thioether (sulfide) groups is 1. The van der Waals surface area contributed by atoms with Gasteiger partial charge in [0.2, 0.25) is 0 Å². The van der Waals surface area contributed by atoms with Crippen molar-refractivity contribution in [1.82, 2.24) is 0 Å². The fourth-order valence-electron chi connectivity index (χ4n) is 2.89. The number of rotatable bonds is 10. The molecular formula is C22H30NO3S+.